The Kier molecular flexibility index (Phi) is 4.89. The third-order valence-electron chi connectivity index (χ3n) is 2.61. The van der Waals surface area contributed by atoms with Gasteiger partial charge in [-0.2, -0.15) is 0 Å². The van der Waals surface area contributed by atoms with Gasteiger partial charge in [-0.15, -0.1) is 0 Å². The predicted octanol–water partition coefficient (Wildman–Crippen LogP) is 2.10. The lowest BCUT2D eigenvalue weighted by Gasteiger charge is -2.16. The van der Waals surface area contributed by atoms with E-state index in [2.05, 4.69) is 5.32 Å². The van der Waals surface area contributed by atoms with E-state index in [9.17, 15) is 9.59 Å². The highest BCUT2D eigenvalue weighted by atomic mass is 16.5. The first-order valence-corrected chi connectivity index (χ1v) is 6.01. The van der Waals surface area contributed by atoms with Gasteiger partial charge in [-0.05, 0) is 51.5 Å². The molecule has 1 atom stereocenters. The lowest BCUT2D eigenvalue weighted by molar-refractivity contribution is -0.127. The van der Waals surface area contributed by atoms with Crippen molar-refractivity contribution in [2.75, 3.05) is 6.54 Å². The van der Waals surface area contributed by atoms with E-state index in [0.717, 1.165) is 5.56 Å². The molecule has 0 aliphatic rings. The molecule has 0 saturated carbocycles. The number of carbonyl (C=O) groups excluding carboxylic acids is 2. The summed E-state index contributed by atoms with van der Waals surface area (Å²) >= 11 is 0. The Morgan fingerprint density at radius 3 is 2.56 bits per heavy atom. The van der Waals surface area contributed by atoms with Gasteiger partial charge >= 0.3 is 0 Å². The monoisotopic (exact) mass is 249 g/mol. The summed E-state index contributed by atoms with van der Waals surface area (Å²) in [4.78, 5) is 22.8. The molecule has 1 N–H and O–H groups in total. The second-order valence-electron chi connectivity index (χ2n) is 4.19. The number of Topliss-reactive ketones (excluding diaryl/α,β-unsaturated/α-hetero) is 1. The Bertz CT molecular complexity index is 454. The molecule has 0 bridgehead atoms. The standard InChI is InChI=1S/C14H19NO3/c1-5-15-14(17)11(4)18-13-7-6-12(10(3)16)8-9(13)2/h6-8,11H,5H2,1-4H3,(H,15,17). The van der Waals surface area contributed by atoms with Crippen molar-refractivity contribution in [1.82, 2.24) is 5.32 Å². The Hall–Kier alpha value is -1.84. The van der Waals surface area contributed by atoms with Crippen molar-refractivity contribution in [2.45, 2.75) is 33.8 Å². The number of rotatable bonds is 5. The first-order chi connectivity index (χ1) is 8.45. The van der Waals surface area contributed by atoms with E-state index in [1.165, 1.54) is 6.92 Å². The maximum Gasteiger partial charge on any atom is 0.260 e. The van der Waals surface area contributed by atoms with Gasteiger partial charge in [0.1, 0.15) is 5.75 Å². The minimum absolute atomic E-state index is 0.0152. The second-order valence-corrected chi connectivity index (χ2v) is 4.19. The van der Waals surface area contributed by atoms with Crippen molar-refractivity contribution >= 4 is 11.7 Å². The first kappa shape index (κ1) is 14.2. The zero-order chi connectivity index (χ0) is 13.7. The van der Waals surface area contributed by atoms with Gasteiger partial charge < -0.3 is 10.1 Å². The van der Waals surface area contributed by atoms with Crippen LogP contribution < -0.4 is 10.1 Å². The van der Waals surface area contributed by atoms with Crippen LogP contribution in [0.1, 0.15) is 36.7 Å². The number of aryl methyl sites for hydroxylation is 1. The molecule has 4 nitrogen and oxygen atoms in total. The molecule has 0 aromatic heterocycles. The van der Waals surface area contributed by atoms with Crippen LogP contribution in [0.4, 0.5) is 0 Å². The molecule has 1 aromatic carbocycles. The fourth-order valence-electron chi connectivity index (χ4n) is 1.56. The largest absolute Gasteiger partial charge is 0.481 e. The van der Waals surface area contributed by atoms with Gasteiger partial charge in [0.2, 0.25) is 0 Å². The molecule has 0 aliphatic carbocycles. The van der Waals surface area contributed by atoms with Crippen molar-refractivity contribution in [2.24, 2.45) is 0 Å². The Morgan fingerprint density at radius 2 is 2.06 bits per heavy atom. The lowest BCUT2D eigenvalue weighted by atomic mass is 10.1. The maximum absolute atomic E-state index is 11.5. The van der Waals surface area contributed by atoms with Gasteiger partial charge in [0.25, 0.3) is 5.91 Å². The number of benzene rings is 1. The summed E-state index contributed by atoms with van der Waals surface area (Å²) in [7, 11) is 0. The van der Waals surface area contributed by atoms with E-state index in [1.54, 1.807) is 25.1 Å². The van der Waals surface area contributed by atoms with Crippen molar-refractivity contribution < 1.29 is 14.3 Å². The van der Waals surface area contributed by atoms with Gasteiger partial charge in [-0.3, -0.25) is 9.59 Å². The molecule has 98 valence electrons. The molecule has 1 rings (SSSR count). The van der Waals surface area contributed by atoms with Gasteiger partial charge in [0.05, 0.1) is 0 Å². The molecular weight excluding hydrogens is 230 g/mol. The van der Waals surface area contributed by atoms with Crippen molar-refractivity contribution in [3.8, 4) is 5.75 Å². The molecule has 0 radical (unpaired) electrons. The average Bonchev–Trinajstić information content (AvgIpc) is 2.31. The normalized spacial score (nSPS) is 11.8. The molecule has 0 saturated heterocycles. The highest BCUT2D eigenvalue weighted by Gasteiger charge is 2.14. The fraction of sp³-hybridized carbons (Fsp3) is 0.429. The number of hydrogen-bond donors (Lipinski definition) is 1. The summed E-state index contributed by atoms with van der Waals surface area (Å²) in [6.45, 7) is 7.51. The SMILES string of the molecule is CCNC(=O)C(C)Oc1ccc(C(C)=O)cc1C. The van der Waals surface area contributed by atoms with Crippen LogP contribution in [0, 0.1) is 6.92 Å². The molecule has 1 amide bonds. The Morgan fingerprint density at radius 1 is 1.39 bits per heavy atom. The summed E-state index contributed by atoms with van der Waals surface area (Å²) in [6, 6.07) is 5.19. The van der Waals surface area contributed by atoms with Crippen LogP contribution in [-0.4, -0.2) is 24.3 Å². The summed E-state index contributed by atoms with van der Waals surface area (Å²) in [5, 5.41) is 2.70. The van der Waals surface area contributed by atoms with E-state index in [1.807, 2.05) is 13.8 Å². The zero-order valence-corrected chi connectivity index (χ0v) is 11.2. The number of ether oxygens (including phenoxy) is 1. The molecule has 1 aromatic rings. The molecule has 0 fully saturated rings. The smallest absolute Gasteiger partial charge is 0.260 e. The molecule has 0 spiro atoms. The Labute approximate surface area is 107 Å². The first-order valence-electron chi connectivity index (χ1n) is 6.01. The third kappa shape index (κ3) is 3.58. The highest BCUT2D eigenvalue weighted by Crippen LogP contribution is 2.20. The number of likely N-dealkylation sites (N-methyl/N-ethyl adjacent to an activating group) is 1. The van der Waals surface area contributed by atoms with E-state index in [4.69, 9.17) is 4.74 Å². The molecule has 4 heteroatoms. The summed E-state index contributed by atoms with van der Waals surface area (Å²) in [5.74, 6) is 0.493. The fourth-order valence-corrected chi connectivity index (χ4v) is 1.56. The van der Waals surface area contributed by atoms with Crippen LogP contribution in [0.15, 0.2) is 18.2 Å². The van der Waals surface area contributed by atoms with E-state index >= 15 is 0 Å². The quantitative estimate of drug-likeness (QED) is 0.813. The van der Waals surface area contributed by atoms with Crippen molar-refractivity contribution in [1.29, 1.82) is 0 Å². The highest BCUT2D eigenvalue weighted by molar-refractivity contribution is 5.94. The van der Waals surface area contributed by atoms with E-state index < -0.39 is 6.10 Å². The molecule has 0 heterocycles. The van der Waals surface area contributed by atoms with Gasteiger partial charge in [0, 0.05) is 12.1 Å². The van der Waals surface area contributed by atoms with Crippen LogP contribution in [-0.2, 0) is 4.79 Å². The van der Waals surface area contributed by atoms with Crippen LogP contribution in [0.3, 0.4) is 0 Å². The lowest BCUT2D eigenvalue weighted by Crippen LogP contribution is -2.36. The number of amides is 1. The van der Waals surface area contributed by atoms with E-state index in [-0.39, 0.29) is 11.7 Å². The van der Waals surface area contributed by atoms with Gasteiger partial charge in [0.15, 0.2) is 11.9 Å². The minimum Gasteiger partial charge on any atom is -0.481 e. The van der Waals surface area contributed by atoms with Crippen LogP contribution >= 0.6 is 0 Å². The summed E-state index contributed by atoms with van der Waals surface area (Å²) in [6.07, 6.45) is -0.549. The molecular formula is C14H19NO3. The predicted molar refractivity (Wildman–Crippen MR) is 70.0 cm³/mol. The van der Waals surface area contributed by atoms with Gasteiger partial charge in [-0.1, -0.05) is 0 Å². The number of hydrogen-bond acceptors (Lipinski definition) is 3. The molecule has 0 aliphatic heterocycles. The van der Waals surface area contributed by atoms with Crippen LogP contribution in [0.5, 0.6) is 5.75 Å². The van der Waals surface area contributed by atoms with Gasteiger partial charge in [-0.25, -0.2) is 0 Å². The number of ketones is 1. The Balaban J connectivity index is 2.79. The topological polar surface area (TPSA) is 55.4 Å². The molecule has 18 heavy (non-hydrogen) atoms. The van der Waals surface area contributed by atoms with Crippen molar-refractivity contribution in [3.63, 3.8) is 0 Å². The number of carbonyl (C=O) groups is 2. The third-order valence-corrected chi connectivity index (χ3v) is 2.61. The summed E-state index contributed by atoms with van der Waals surface area (Å²) < 4.78 is 5.57. The maximum atomic E-state index is 11.5. The summed E-state index contributed by atoms with van der Waals surface area (Å²) in [5.41, 5.74) is 1.49. The molecule has 1 unspecified atom stereocenters. The zero-order valence-electron chi connectivity index (χ0n) is 11.2. The number of nitrogens with one attached hydrogen (secondary N) is 1. The minimum atomic E-state index is -0.549. The van der Waals surface area contributed by atoms with E-state index in [0.29, 0.717) is 17.9 Å². The van der Waals surface area contributed by atoms with Crippen LogP contribution in [0.25, 0.3) is 0 Å². The average molecular weight is 249 g/mol. The van der Waals surface area contributed by atoms with Crippen LogP contribution in [0.2, 0.25) is 0 Å². The second kappa shape index (κ2) is 6.19. The van der Waals surface area contributed by atoms with Crippen molar-refractivity contribution in [3.05, 3.63) is 29.3 Å².